The predicted octanol–water partition coefficient (Wildman–Crippen LogP) is 4.38. The van der Waals surface area contributed by atoms with Gasteiger partial charge in [-0.3, -0.25) is 0 Å². The Labute approximate surface area is 125 Å². The van der Waals surface area contributed by atoms with Gasteiger partial charge in [0.25, 0.3) is 0 Å². The van der Waals surface area contributed by atoms with E-state index in [2.05, 4.69) is 17.4 Å². The van der Waals surface area contributed by atoms with Crippen molar-refractivity contribution in [1.82, 2.24) is 5.32 Å². The third-order valence-corrected chi connectivity index (χ3v) is 3.48. The van der Waals surface area contributed by atoms with Crippen molar-refractivity contribution in [1.29, 1.82) is 0 Å². The van der Waals surface area contributed by atoms with E-state index in [1.807, 2.05) is 50.4 Å². The van der Waals surface area contributed by atoms with Gasteiger partial charge in [-0.15, -0.1) is 0 Å². The van der Waals surface area contributed by atoms with Gasteiger partial charge in [-0.2, -0.15) is 0 Å². The van der Waals surface area contributed by atoms with Gasteiger partial charge in [-0.25, -0.2) is 0 Å². The van der Waals surface area contributed by atoms with Crippen molar-refractivity contribution in [2.75, 3.05) is 13.6 Å². The summed E-state index contributed by atoms with van der Waals surface area (Å²) in [5.41, 5.74) is 2.30. The van der Waals surface area contributed by atoms with Crippen molar-refractivity contribution in [3.63, 3.8) is 0 Å². The van der Waals surface area contributed by atoms with Crippen molar-refractivity contribution >= 4 is 11.6 Å². The van der Waals surface area contributed by atoms with Gasteiger partial charge in [0.1, 0.15) is 11.9 Å². The molecule has 1 atom stereocenters. The molecule has 2 nitrogen and oxygen atoms in total. The lowest BCUT2D eigenvalue weighted by Gasteiger charge is -2.20. The van der Waals surface area contributed by atoms with E-state index in [9.17, 15) is 0 Å². The Balaban J connectivity index is 2.19. The van der Waals surface area contributed by atoms with E-state index in [1.165, 1.54) is 5.56 Å². The third kappa shape index (κ3) is 3.99. The number of aryl methyl sites for hydroxylation is 1. The minimum atomic E-state index is 0.00357. The summed E-state index contributed by atoms with van der Waals surface area (Å²) in [6, 6.07) is 16.1. The predicted molar refractivity (Wildman–Crippen MR) is 84.5 cm³/mol. The smallest absolute Gasteiger partial charge is 0.138 e. The van der Waals surface area contributed by atoms with Gasteiger partial charge in [-0.1, -0.05) is 48.0 Å². The zero-order valence-corrected chi connectivity index (χ0v) is 12.7. The maximum absolute atomic E-state index is 6.25. The first kappa shape index (κ1) is 14.9. The summed E-state index contributed by atoms with van der Waals surface area (Å²) < 4.78 is 6.12. The van der Waals surface area contributed by atoms with E-state index in [1.54, 1.807) is 0 Å². The van der Waals surface area contributed by atoms with E-state index >= 15 is 0 Å². The highest BCUT2D eigenvalue weighted by Crippen LogP contribution is 2.31. The van der Waals surface area contributed by atoms with Gasteiger partial charge in [0, 0.05) is 6.42 Å². The molecule has 0 spiro atoms. The highest BCUT2D eigenvalue weighted by molar-refractivity contribution is 6.32. The van der Waals surface area contributed by atoms with E-state index in [4.69, 9.17) is 16.3 Å². The molecule has 0 heterocycles. The molecule has 2 aromatic rings. The van der Waals surface area contributed by atoms with Gasteiger partial charge < -0.3 is 10.1 Å². The Morgan fingerprint density at radius 2 is 1.90 bits per heavy atom. The van der Waals surface area contributed by atoms with Crippen LogP contribution < -0.4 is 10.1 Å². The zero-order chi connectivity index (χ0) is 14.4. The molecule has 0 aliphatic carbocycles. The Hall–Kier alpha value is -1.51. The maximum atomic E-state index is 6.25. The van der Waals surface area contributed by atoms with E-state index in [0.717, 1.165) is 24.3 Å². The van der Waals surface area contributed by atoms with Gasteiger partial charge in [0.05, 0.1) is 5.02 Å². The monoisotopic (exact) mass is 289 g/mol. The van der Waals surface area contributed by atoms with Crippen LogP contribution in [-0.2, 0) is 0 Å². The standard InChI is InChI=1S/C17H20ClNO/c1-13-8-9-17(15(18)12-13)20-16(10-11-19-2)14-6-4-3-5-7-14/h3-9,12,16,19H,10-11H2,1-2H3. The fraction of sp³-hybridized carbons (Fsp3) is 0.294. The number of benzene rings is 2. The first-order chi connectivity index (χ1) is 9.70. The molecule has 0 aliphatic heterocycles. The number of ether oxygens (including phenoxy) is 1. The first-order valence-corrected chi connectivity index (χ1v) is 7.21. The molecule has 3 heteroatoms. The van der Waals surface area contributed by atoms with Crippen LogP contribution in [0.3, 0.4) is 0 Å². The normalized spacial score (nSPS) is 12.2. The summed E-state index contributed by atoms with van der Waals surface area (Å²) in [5.74, 6) is 0.738. The van der Waals surface area contributed by atoms with Gasteiger partial charge in [-0.05, 0) is 43.8 Å². The molecule has 0 aromatic heterocycles. The van der Waals surface area contributed by atoms with Crippen LogP contribution in [0, 0.1) is 6.92 Å². The molecule has 0 radical (unpaired) electrons. The number of hydrogen-bond acceptors (Lipinski definition) is 2. The first-order valence-electron chi connectivity index (χ1n) is 6.83. The molecule has 1 unspecified atom stereocenters. The van der Waals surface area contributed by atoms with Crippen molar-refractivity contribution < 1.29 is 4.74 Å². The summed E-state index contributed by atoms with van der Waals surface area (Å²) in [6.07, 6.45) is 0.897. The molecule has 106 valence electrons. The second kappa shape index (κ2) is 7.32. The minimum absolute atomic E-state index is 0.00357. The van der Waals surface area contributed by atoms with Crippen LogP contribution in [0.1, 0.15) is 23.7 Å². The molecule has 0 saturated heterocycles. The Morgan fingerprint density at radius 1 is 1.15 bits per heavy atom. The lowest BCUT2D eigenvalue weighted by molar-refractivity contribution is 0.195. The number of rotatable bonds is 6. The number of hydrogen-bond donors (Lipinski definition) is 1. The van der Waals surface area contributed by atoms with Crippen molar-refractivity contribution in [3.8, 4) is 5.75 Å². The quantitative estimate of drug-likeness (QED) is 0.852. The fourth-order valence-electron chi connectivity index (χ4n) is 2.09. The Bertz CT molecular complexity index is 542. The van der Waals surface area contributed by atoms with Crippen molar-refractivity contribution in [2.24, 2.45) is 0 Å². The lowest BCUT2D eigenvalue weighted by atomic mass is 10.1. The molecule has 2 rings (SSSR count). The highest BCUT2D eigenvalue weighted by Gasteiger charge is 2.14. The van der Waals surface area contributed by atoms with Crippen LogP contribution in [-0.4, -0.2) is 13.6 Å². The van der Waals surface area contributed by atoms with Crippen molar-refractivity contribution in [2.45, 2.75) is 19.4 Å². The summed E-state index contributed by atoms with van der Waals surface area (Å²) in [4.78, 5) is 0. The second-order valence-corrected chi connectivity index (χ2v) is 5.25. The molecule has 0 bridgehead atoms. The van der Waals surface area contributed by atoms with E-state index < -0.39 is 0 Å². The molecule has 0 aliphatic rings. The molecule has 0 fully saturated rings. The van der Waals surface area contributed by atoms with Crippen LogP contribution in [0.4, 0.5) is 0 Å². The second-order valence-electron chi connectivity index (χ2n) is 4.84. The molecule has 0 saturated carbocycles. The number of nitrogens with one attached hydrogen (secondary N) is 1. The van der Waals surface area contributed by atoms with Gasteiger partial charge >= 0.3 is 0 Å². The van der Waals surface area contributed by atoms with Gasteiger partial charge in [0.2, 0.25) is 0 Å². The fourth-order valence-corrected chi connectivity index (χ4v) is 2.37. The Morgan fingerprint density at radius 3 is 2.55 bits per heavy atom. The molecule has 20 heavy (non-hydrogen) atoms. The van der Waals surface area contributed by atoms with Crippen LogP contribution in [0.2, 0.25) is 5.02 Å². The summed E-state index contributed by atoms with van der Waals surface area (Å²) in [5, 5.41) is 3.83. The van der Waals surface area contributed by atoms with Crippen LogP contribution in [0.15, 0.2) is 48.5 Å². The molecule has 2 aromatic carbocycles. The lowest BCUT2D eigenvalue weighted by Crippen LogP contribution is -2.16. The summed E-state index contributed by atoms with van der Waals surface area (Å²) in [7, 11) is 1.95. The molecular weight excluding hydrogens is 270 g/mol. The average molecular weight is 290 g/mol. The minimum Gasteiger partial charge on any atom is -0.484 e. The van der Waals surface area contributed by atoms with Gasteiger partial charge in [0.15, 0.2) is 0 Å². The average Bonchev–Trinajstić information content (AvgIpc) is 2.46. The third-order valence-electron chi connectivity index (χ3n) is 3.18. The zero-order valence-electron chi connectivity index (χ0n) is 11.9. The SMILES string of the molecule is CNCCC(Oc1ccc(C)cc1Cl)c1ccccc1. The largest absolute Gasteiger partial charge is 0.484 e. The van der Waals surface area contributed by atoms with Crippen LogP contribution >= 0.6 is 11.6 Å². The summed E-state index contributed by atoms with van der Waals surface area (Å²) >= 11 is 6.25. The molecule has 0 amide bonds. The van der Waals surface area contributed by atoms with E-state index in [-0.39, 0.29) is 6.10 Å². The van der Waals surface area contributed by atoms with Crippen molar-refractivity contribution in [3.05, 3.63) is 64.7 Å². The van der Waals surface area contributed by atoms with Crippen LogP contribution in [0.5, 0.6) is 5.75 Å². The van der Waals surface area contributed by atoms with Crippen LogP contribution in [0.25, 0.3) is 0 Å². The molecular formula is C17H20ClNO. The molecule has 1 N–H and O–H groups in total. The summed E-state index contributed by atoms with van der Waals surface area (Å²) in [6.45, 7) is 2.91. The van der Waals surface area contributed by atoms with E-state index in [0.29, 0.717) is 5.02 Å². The topological polar surface area (TPSA) is 21.3 Å². The maximum Gasteiger partial charge on any atom is 0.138 e. The Kier molecular flexibility index (Phi) is 5.45. The number of halogens is 1. The highest BCUT2D eigenvalue weighted by atomic mass is 35.5.